The standard InChI is InChI=1S/C20H17Cl2N5O2/c21-11-2-4-13-15(17(11)22)18(23)16(20(28)26-13)19-24-12-3-1-10(9-14(12)25-19)27-5-7-29-8-6-27/h1-4,9H,5-8H2,(H,24,25)(H3,23,26,28). The molecule has 1 aliphatic rings. The van der Waals surface area contributed by atoms with Crippen LogP contribution >= 0.6 is 23.2 Å². The first-order chi connectivity index (χ1) is 14.0. The van der Waals surface area contributed by atoms with Gasteiger partial charge in [-0.1, -0.05) is 23.2 Å². The molecule has 1 aliphatic heterocycles. The van der Waals surface area contributed by atoms with E-state index in [1.165, 1.54) is 0 Å². The molecule has 2 aromatic carbocycles. The van der Waals surface area contributed by atoms with Crippen LogP contribution in [0.5, 0.6) is 0 Å². The van der Waals surface area contributed by atoms with Gasteiger partial charge >= 0.3 is 0 Å². The number of anilines is 2. The van der Waals surface area contributed by atoms with Crippen LogP contribution in [0, 0.1) is 0 Å². The van der Waals surface area contributed by atoms with E-state index in [2.05, 4.69) is 19.9 Å². The van der Waals surface area contributed by atoms with Crippen molar-refractivity contribution in [3.8, 4) is 11.4 Å². The molecule has 9 heteroatoms. The molecule has 2 aromatic heterocycles. The monoisotopic (exact) mass is 429 g/mol. The summed E-state index contributed by atoms with van der Waals surface area (Å²) in [4.78, 5) is 25.6. The van der Waals surface area contributed by atoms with Gasteiger partial charge in [0.15, 0.2) is 0 Å². The average molecular weight is 430 g/mol. The molecule has 1 fully saturated rings. The van der Waals surface area contributed by atoms with Gasteiger partial charge in [0.25, 0.3) is 5.56 Å². The van der Waals surface area contributed by atoms with Crippen LogP contribution < -0.4 is 16.2 Å². The van der Waals surface area contributed by atoms with E-state index in [1.807, 2.05) is 18.2 Å². The first-order valence-corrected chi connectivity index (χ1v) is 9.91. The van der Waals surface area contributed by atoms with E-state index >= 15 is 0 Å². The number of pyridine rings is 1. The van der Waals surface area contributed by atoms with Crippen molar-refractivity contribution in [1.29, 1.82) is 0 Å². The number of ether oxygens (including phenoxy) is 1. The Bertz CT molecular complexity index is 1310. The lowest BCUT2D eigenvalue weighted by Gasteiger charge is -2.28. The Morgan fingerprint density at radius 3 is 2.62 bits per heavy atom. The molecule has 0 saturated carbocycles. The third kappa shape index (κ3) is 3.02. The number of benzene rings is 2. The number of halogens is 2. The molecule has 4 N–H and O–H groups in total. The molecular formula is C20H17Cl2N5O2. The lowest BCUT2D eigenvalue weighted by atomic mass is 10.1. The summed E-state index contributed by atoms with van der Waals surface area (Å²) < 4.78 is 5.41. The summed E-state index contributed by atoms with van der Waals surface area (Å²) in [6.45, 7) is 3.07. The van der Waals surface area contributed by atoms with Crippen molar-refractivity contribution in [3.05, 3.63) is 50.7 Å². The first-order valence-electron chi connectivity index (χ1n) is 9.15. The van der Waals surface area contributed by atoms with Gasteiger partial charge in [0, 0.05) is 24.2 Å². The quantitative estimate of drug-likeness (QED) is 0.449. The van der Waals surface area contributed by atoms with E-state index in [0.29, 0.717) is 40.0 Å². The summed E-state index contributed by atoms with van der Waals surface area (Å²) >= 11 is 12.5. The summed E-state index contributed by atoms with van der Waals surface area (Å²) in [5, 5.41) is 1.16. The molecule has 148 valence electrons. The highest BCUT2D eigenvalue weighted by molar-refractivity contribution is 6.46. The second-order valence-electron chi connectivity index (χ2n) is 6.91. The molecule has 0 radical (unpaired) electrons. The fraction of sp³-hybridized carbons (Fsp3) is 0.200. The van der Waals surface area contributed by atoms with Crippen LogP contribution in [-0.4, -0.2) is 41.3 Å². The van der Waals surface area contributed by atoms with Gasteiger partial charge in [-0.25, -0.2) is 4.98 Å². The van der Waals surface area contributed by atoms with Crippen LogP contribution in [0.15, 0.2) is 35.1 Å². The second-order valence-corrected chi connectivity index (χ2v) is 7.70. The molecule has 0 unspecified atom stereocenters. The highest BCUT2D eigenvalue weighted by Crippen LogP contribution is 2.36. The summed E-state index contributed by atoms with van der Waals surface area (Å²) in [5.74, 6) is 0.385. The number of imidazole rings is 1. The van der Waals surface area contributed by atoms with Crippen LogP contribution in [0.1, 0.15) is 0 Å². The molecule has 0 aliphatic carbocycles. The molecule has 4 aromatic rings. The molecule has 0 atom stereocenters. The van der Waals surface area contributed by atoms with Crippen molar-refractivity contribution in [2.45, 2.75) is 0 Å². The molecule has 5 rings (SSSR count). The number of hydrogen-bond acceptors (Lipinski definition) is 5. The van der Waals surface area contributed by atoms with Crippen molar-refractivity contribution in [3.63, 3.8) is 0 Å². The van der Waals surface area contributed by atoms with E-state index in [4.69, 9.17) is 33.7 Å². The average Bonchev–Trinajstić information content (AvgIpc) is 3.14. The van der Waals surface area contributed by atoms with Gasteiger partial charge in [-0.3, -0.25) is 4.79 Å². The van der Waals surface area contributed by atoms with E-state index in [-0.39, 0.29) is 16.8 Å². The Morgan fingerprint density at radius 1 is 1.07 bits per heavy atom. The lowest BCUT2D eigenvalue weighted by Crippen LogP contribution is -2.36. The number of nitrogens with zero attached hydrogens (tertiary/aromatic N) is 2. The number of hydrogen-bond donors (Lipinski definition) is 3. The molecule has 1 saturated heterocycles. The fourth-order valence-electron chi connectivity index (χ4n) is 3.72. The molecule has 7 nitrogen and oxygen atoms in total. The fourth-order valence-corrected chi connectivity index (χ4v) is 4.14. The first kappa shape index (κ1) is 18.3. The van der Waals surface area contributed by atoms with Crippen LogP contribution in [0.25, 0.3) is 33.3 Å². The zero-order valence-corrected chi connectivity index (χ0v) is 16.8. The summed E-state index contributed by atoms with van der Waals surface area (Å²) in [5.41, 5.74) is 9.63. The van der Waals surface area contributed by atoms with Gasteiger partial charge in [-0.15, -0.1) is 0 Å². The van der Waals surface area contributed by atoms with Crippen molar-refractivity contribution >= 4 is 56.5 Å². The van der Waals surface area contributed by atoms with Crippen LogP contribution in [0.2, 0.25) is 10.0 Å². The van der Waals surface area contributed by atoms with Crippen LogP contribution in [-0.2, 0) is 4.74 Å². The minimum absolute atomic E-state index is 0.240. The zero-order valence-electron chi connectivity index (χ0n) is 15.3. The number of nitrogens with one attached hydrogen (secondary N) is 2. The van der Waals surface area contributed by atoms with Gasteiger partial charge < -0.3 is 25.3 Å². The number of aromatic nitrogens is 3. The van der Waals surface area contributed by atoms with E-state index < -0.39 is 0 Å². The van der Waals surface area contributed by atoms with Gasteiger partial charge in [0.1, 0.15) is 11.4 Å². The van der Waals surface area contributed by atoms with Gasteiger partial charge in [0.05, 0.1) is 45.5 Å². The highest BCUT2D eigenvalue weighted by Gasteiger charge is 2.19. The zero-order chi connectivity index (χ0) is 20.1. The molecular weight excluding hydrogens is 413 g/mol. The molecule has 29 heavy (non-hydrogen) atoms. The molecule has 0 spiro atoms. The minimum atomic E-state index is -0.346. The minimum Gasteiger partial charge on any atom is -0.397 e. The Kier molecular flexibility index (Phi) is 4.38. The number of fused-ring (bicyclic) bond motifs is 2. The number of aromatic amines is 2. The predicted octanol–water partition coefficient (Wildman–Crippen LogP) is 3.80. The van der Waals surface area contributed by atoms with E-state index in [1.54, 1.807) is 12.1 Å². The maximum absolute atomic E-state index is 12.7. The highest BCUT2D eigenvalue weighted by atomic mass is 35.5. The Balaban J connectivity index is 1.66. The Labute approximate surface area is 175 Å². The van der Waals surface area contributed by atoms with Crippen molar-refractivity contribution < 1.29 is 4.74 Å². The van der Waals surface area contributed by atoms with Gasteiger partial charge in [-0.05, 0) is 30.3 Å². The van der Waals surface area contributed by atoms with Crippen LogP contribution in [0.3, 0.4) is 0 Å². The van der Waals surface area contributed by atoms with E-state index in [9.17, 15) is 4.79 Å². The summed E-state index contributed by atoms with van der Waals surface area (Å²) in [6.07, 6.45) is 0. The Hall–Kier alpha value is -2.74. The smallest absolute Gasteiger partial charge is 0.261 e. The maximum atomic E-state index is 12.7. The summed E-state index contributed by atoms with van der Waals surface area (Å²) in [6, 6.07) is 9.27. The number of morpholine rings is 1. The van der Waals surface area contributed by atoms with Crippen molar-refractivity contribution in [2.24, 2.45) is 0 Å². The summed E-state index contributed by atoms with van der Waals surface area (Å²) in [7, 11) is 0. The van der Waals surface area contributed by atoms with Crippen LogP contribution in [0.4, 0.5) is 11.4 Å². The molecule has 0 bridgehead atoms. The number of H-pyrrole nitrogens is 2. The van der Waals surface area contributed by atoms with E-state index in [0.717, 1.165) is 29.8 Å². The molecule has 0 amide bonds. The number of rotatable bonds is 2. The maximum Gasteiger partial charge on any atom is 0.261 e. The van der Waals surface area contributed by atoms with Crippen molar-refractivity contribution in [2.75, 3.05) is 36.9 Å². The third-order valence-electron chi connectivity index (χ3n) is 5.19. The number of nitrogen functional groups attached to an aromatic ring is 1. The number of nitrogens with two attached hydrogens (primary N) is 1. The van der Waals surface area contributed by atoms with Crippen molar-refractivity contribution in [1.82, 2.24) is 15.0 Å². The van der Waals surface area contributed by atoms with Gasteiger partial charge in [-0.2, -0.15) is 0 Å². The third-order valence-corrected chi connectivity index (χ3v) is 5.99. The normalized spacial score (nSPS) is 14.8. The molecule has 3 heterocycles. The topological polar surface area (TPSA) is 100 Å². The largest absolute Gasteiger partial charge is 0.397 e. The lowest BCUT2D eigenvalue weighted by molar-refractivity contribution is 0.122. The SMILES string of the molecule is Nc1c(-c2nc3cc(N4CCOCC4)ccc3[nH]2)c(=O)[nH]c2ccc(Cl)c(Cl)c12. The van der Waals surface area contributed by atoms with Gasteiger partial charge in [0.2, 0.25) is 0 Å². The second kappa shape index (κ2) is 6.95. The Morgan fingerprint density at radius 2 is 1.83 bits per heavy atom. The predicted molar refractivity (Wildman–Crippen MR) is 117 cm³/mol.